The van der Waals surface area contributed by atoms with Gasteiger partial charge in [0.05, 0.1) is 0 Å². The van der Waals surface area contributed by atoms with Crippen molar-refractivity contribution in [2.45, 2.75) is 25.7 Å². The summed E-state index contributed by atoms with van der Waals surface area (Å²) in [5.74, 6) is 0.552. The van der Waals surface area contributed by atoms with Crippen LogP contribution < -0.4 is 5.43 Å². The zero-order valence-corrected chi connectivity index (χ0v) is 7.61. The van der Waals surface area contributed by atoms with E-state index in [-0.39, 0.29) is 5.43 Å². The van der Waals surface area contributed by atoms with E-state index < -0.39 is 0 Å². The summed E-state index contributed by atoms with van der Waals surface area (Å²) < 4.78 is 0. The third-order valence-electron chi connectivity index (χ3n) is 2.27. The zero-order chi connectivity index (χ0) is 8.72. The summed E-state index contributed by atoms with van der Waals surface area (Å²) >= 11 is 5.74. The zero-order valence-electron chi connectivity index (χ0n) is 6.86. The van der Waals surface area contributed by atoms with Crippen LogP contribution in [0.1, 0.15) is 30.0 Å². The Balaban J connectivity index is 2.58. The molecule has 0 atom stereocenters. The number of halogens is 1. The summed E-state index contributed by atoms with van der Waals surface area (Å²) in [5, 5.41) is 0.451. The van der Waals surface area contributed by atoms with Crippen LogP contribution in [0.4, 0.5) is 0 Å². The predicted molar refractivity (Wildman–Crippen MR) is 48.8 cm³/mol. The first kappa shape index (κ1) is 7.87. The van der Waals surface area contributed by atoms with Gasteiger partial charge in [0, 0.05) is 17.3 Å². The van der Waals surface area contributed by atoms with Gasteiger partial charge in [-0.1, -0.05) is 11.6 Å². The molecular formula is C9H10ClNO. The topological polar surface area (TPSA) is 32.9 Å². The lowest BCUT2D eigenvalue weighted by Crippen LogP contribution is -2.08. The van der Waals surface area contributed by atoms with Crippen LogP contribution in [0.15, 0.2) is 10.9 Å². The number of pyridine rings is 1. The Bertz CT molecular complexity index is 365. The highest BCUT2D eigenvalue weighted by Crippen LogP contribution is 2.39. The maximum atomic E-state index is 11.3. The summed E-state index contributed by atoms with van der Waals surface area (Å²) in [6.45, 7) is 1.85. The quantitative estimate of drug-likeness (QED) is 0.666. The minimum Gasteiger partial charge on any atom is -0.349 e. The van der Waals surface area contributed by atoms with Crippen LogP contribution in [0.3, 0.4) is 0 Å². The van der Waals surface area contributed by atoms with Crippen molar-refractivity contribution in [3.8, 4) is 0 Å². The lowest BCUT2D eigenvalue weighted by atomic mass is 10.1. The van der Waals surface area contributed by atoms with Crippen molar-refractivity contribution in [1.29, 1.82) is 0 Å². The van der Waals surface area contributed by atoms with Crippen LogP contribution in [0.25, 0.3) is 0 Å². The smallest absolute Gasteiger partial charge is 0.186 e. The molecule has 0 amide bonds. The Kier molecular flexibility index (Phi) is 1.72. The van der Waals surface area contributed by atoms with Gasteiger partial charge in [0.15, 0.2) is 5.43 Å². The number of H-pyrrole nitrogens is 1. The molecule has 0 bridgehead atoms. The van der Waals surface area contributed by atoms with Crippen molar-refractivity contribution in [2.75, 3.05) is 0 Å². The van der Waals surface area contributed by atoms with E-state index in [4.69, 9.17) is 11.6 Å². The van der Waals surface area contributed by atoms with Crippen LogP contribution in [0.5, 0.6) is 0 Å². The summed E-state index contributed by atoms with van der Waals surface area (Å²) in [5.41, 5.74) is 1.90. The van der Waals surface area contributed by atoms with E-state index in [0.29, 0.717) is 11.1 Å². The molecule has 0 aromatic carbocycles. The molecule has 1 N–H and O–H groups in total. The lowest BCUT2D eigenvalue weighted by molar-refractivity contribution is 0.986. The largest absolute Gasteiger partial charge is 0.349 e. The molecule has 0 radical (unpaired) electrons. The van der Waals surface area contributed by atoms with Crippen molar-refractivity contribution in [1.82, 2.24) is 4.98 Å². The first-order valence-electron chi connectivity index (χ1n) is 4.08. The maximum absolute atomic E-state index is 11.3. The third-order valence-corrected chi connectivity index (χ3v) is 2.47. The van der Waals surface area contributed by atoms with Gasteiger partial charge in [-0.25, -0.2) is 0 Å². The SMILES string of the molecule is Cc1c(C2CC2)[nH]c(Cl)cc1=O. The van der Waals surface area contributed by atoms with Crippen molar-refractivity contribution in [3.63, 3.8) is 0 Å². The minimum absolute atomic E-state index is 0.0423. The average molecular weight is 184 g/mol. The second-order valence-corrected chi connectivity index (χ2v) is 3.70. The first-order chi connectivity index (χ1) is 5.68. The third kappa shape index (κ3) is 1.27. The Morgan fingerprint density at radius 3 is 2.83 bits per heavy atom. The molecule has 1 aromatic heterocycles. The monoisotopic (exact) mass is 183 g/mol. The molecule has 1 aromatic rings. The van der Waals surface area contributed by atoms with Crippen molar-refractivity contribution < 1.29 is 0 Å². The summed E-state index contributed by atoms with van der Waals surface area (Å²) in [7, 11) is 0. The van der Waals surface area contributed by atoms with Gasteiger partial charge in [-0.2, -0.15) is 0 Å². The van der Waals surface area contributed by atoms with Crippen molar-refractivity contribution >= 4 is 11.6 Å². The van der Waals surface area contributed by atoms with Crippen LogP contribution in [-0.2, 0) is 0 Å². The molecule has 1 fully saturated rings. The molecule has 0 spiro atoms. The molecule has 64 valence electrons. The van der Waals surface area contributed by atoms with Crippen LogP contribution >= 0.6 is 11.6 Å². The Labute approximate surface area is 75.6 Å². The average Bonchev–Trinajstić information content (AvgIpc) is 2.79. The fraction of sp³-hybridized carbons (Fsp3) is 0.444. The molecule has 2 nitrogen and oxygen atoms in total. The normalized spacial score (nSPS) is 16.5. The molecule has 0 aliphatic heterocycles. The van der Waals surface area contributed by atoms with Gasteiger partial charge < -0.3 is 4.98 Å². The maximum Gasteiger partial charge on any atom is 0.186 e. The highest BCUT2D eigenvalue weighted by molar-refractivity contribution is 6.29. The number of hydrogen-bond acceptors (Lipinski definition) is 1. The van der Waals surface area contributed by atoms with Gasteiger partial charge >= 0.3 is 0 Å². The highest BCUT2D eigenvalue weighted by Gasteiger charge is 2.26. The van der Waals surface area contributed by atoms with Gasteiger partial charge in [-0.15, -0.1) is 0 Å². The molecule has 1 aliphatic carbocycles. The van der Waals surface area contributed by atoms with E-state index in [1.165, 1.54) is 18.9 Å². The van der Waals surface area contributed by atoms with Gasteiger partial charge in [0.25, 0.3) is 0 Å². The summed E-state index contributed by atoms with van der Waals surface area (Å²) in [4.78, 5) is 14.3. The van der Waals surface area contributed by atoms with E-state index in [1.807, 2.05) is 6.92 Å². The molecule has 3 heteroatoms. The molecule has 1 saturated carbocycles. The minimum atomic E-state index is 0.0423. The molecule has 1 aliphatic rings. The fourth-order valence-corrected chi connectivity index (χ4v) is 1.60. The van der Waals surface area contributed by atoms with Crippen molar-refractivity contribution in [2.24, 2.45) is 0 Å². The fourth-order valence-electron chi connectivity index (χ4n) is 1.39. The van der Waals surface area contributed by atoms with Gasteiger partial charge in [-0.3, -0.25) is 4.79 Å². The summed E-state index contributed by atoms with van der Waals surface area (Å²) in [6, 6.07) is 1.43. The molecule has 0 saturated heterocycles. The Hall–Kier alpha value is -0.760. The number of hydrogen-bond donors (Lipinski definition) is 1. The number of aromatic nitrogens is 1. The number of rotatable bonds is 1. The van der Waals surface area contributed by atoms with Gasteiger partial charge in [0.2, 0.25) is 0 Å². The van der Waals surface area contributed by atoms with Gasteiger partial charge in [-0.05, 0) is 25.7 Å². The highest BCUT2D eigenvalue weighted by atomic mass is 35.5. The van der Waals surface area contributed by atoms with Gasteiger partial charge in [0.1, 0.15) is 5.15 Å². The molecule has 1 heterocycles. The second kappa shape index (κ2) is 2.63. The Morgan fingerprint density at radius 1 is 1.58 bits per heavy atom. The molecule has 0 unspecified atom stereocenters. The Morgan fingerprint density at radius 2 is 2.25 bits per heavy atom. The molecule has 12 heavy (non-hydrogen) atoms. The first-order valence-corrected chi connectivity index (χ1v) is 4.45. The summed E-state index contributed by atoms with van der Waals surface area (Å²) in [6.07, 6.45) is 2.36. The molecular weight excluding hydrogens is 174 g/mol. The van der Waals surface area contributed by atoms with E-state index in [0.717, 1.165) is 11.3 Å². The van der Waals surface area contributed by atoms with Crippen LogP contribution in [0, 0.1) is 6.92 Å². The standard InChI is InChI=1S/C9H10ClNO/c1-5-7(12)4-8(10)11-9(5)6-2-3-6/h4,6H,2-3H2,1H3,(H,11,12). The van der Waals surface area contributed by atoms with E-state index in [2.05, 4.69) is 4.98 Å². The van der Waals surface area contributed by atoms with E-state index in [9.17, 15) is 4.79 Å². The lowest BCUT2D eigenvalue weighted by Gasteiger charge is -2.03. The van der Waals surface area contributed by atoms with E-state index in [1.54, 1.807) is 0 Å². The number of nitrogens with one attached hydrogen (secondary N) is 1. The van der Waals surface area contributed by atoms with Crippen molar-refractivity contribution in [3.05, 3.63) is 32.7 Å². The van der Waals surface area contributed by atoms with Crippen LogP contribution in [0.2, 0.25) is 5.15 Å². The van der Waals surface area contributed by atoms with E-state index >= 15 is 0 Å². The predicted octanol–water partition coefficient (Wildman–Crippen LogP) is 2.21. The second-order valence-electron chi connectivity index (χ2n) is 3.29. The van der Waals surface area contributed by atoms with Crippen LogP contribution in [-0.4, -0.2) is 4.98 Å². The molecule has 2 rings (SSSR count). The number of aromatic amines is 1.